The topological polar surface area (TPSA) is 102 Å². The van der Waals surface area contributed by atoms with Crippen molar-refractivity contribution in [3.8, 4) is 0 Å². The van der Waals surface area contributed by atoms with Gasteiger partial charge in [-0.25, -0.2) is 4.98 Å². The fourth-order valence-corrected chi connectivity index (χ4v) is 2.02. The largest absolute Gasteiger partial charge is 0.397 e. The molecule has 0 spiro atoms. The van der Waals surface area contributed by atoms with Gasteiger partial charge in [-0.15, -0.1) is 11.8 Å². The molecule has 16 heavy (non-hydrogen) atoms. The molecule has 0 aliphatic heterocycles. The average Bonchev–Trinajstić information content (AvgIpc) is 2.26. The number of amides is 1. The number of pyridine rings is 1. The van der Waals surface area contributed by atoms with Crippen molar-refractivity contribution in [3.63, 3.8) is 0 Å². The minimum Gasteiger partial charge on any atom is -0.397 e. The number of aromatic nitrogens is 1. The van der Waals surface area contributed by atoms with Crippen LogP contribution in [0.3, 0.4) is 0 Å². The molecule has 5 N–H and O–H groups in total. The Morgan fingerprint density at radius 3 is 2.94 bits per heavy atom. The second-order valence-electron chi connectivity index (χ2n) is 3.58. The Morgan fingerprint density at radius 2 is 2.38 bits per heavy atom. The number of rotatable bonds is 5. The summed E-state index contributed by atoms with van der Waals surface area (Å²) < 4.78 is 0. The summed E-state index contributed by atoms with van der Waals surface area (Å²) in [6.07, 6.45) is 1.48. The van der Waals surface area contributed by atoms with Crippen LogP contribution in [0.25, 0.3) is 0 Å². The molecular formula is C10H15N3O2S. The van der Waals surface area contributed by atoms with Gasteiger partial charge in [-0.05, 0) is 12.0 Å². The highest BCUT2D eigenvalue weighted by molar-refractivity contribution is 7.99. The number of anilines is 1. The Kier molecular flexibility index (Phi) is 4.57. The van der Waals surface area contributed by atoms with Crippen molar-refractivity contribution in [2.75, 3.05) is 18.1 Å². The molecule has 1 aromatic heterocycles. The van der Waals surface area contributed by atoms with Crippen LogP contribution in [0.4, 0.5) is 5.69 Å². The molecule has 1 atom stereocenters. The quantitative estimate of drug-likeness (QED) is 0.651. The molecule has 5 nitrogen and oxygen atoms in total. The second kappa shape index (κ2) is 5.72. The summed E-state index contributed by atoms with van der Waals surface area (Å²) >= 11 is 1.39. The van der Waals surface area contributed by atoms with E-state index in [-0.39, 0.29) is 12.5 Å². The Morgan fingerprint density at radius 1 is 1.69 bits per heavy atom. The lowest BCUT2D eigenvalue weighted by molar-refractivity contribution is 0.0997. The normalized spacial score (nSPS) is 12.4. The van der Waals surface area contributed by atoms with E-state index in [1.165, 1.54) is 24.0 Å². The van der Waals surface area contributed by atoms with Crippen LogP contribution in [0.2, 0.25) is 0 Å². The molecule has 6 heteroatoms. The van der Waals surface area contributed by atoms with Crippen LogP contribution < -0.4 is 11.5 Å². The zero-order chi connectivity index (χ0) is 12.1. The monoisotopic (exact) mass is 241 g/mol. The Balaban J connectivity index is 2.82. The van der Waals surface area contributed by atoms with E-state index in [1.54, 1.807) is 0 Å². The van der Waals surface area contributed by atoms with E-state index in [0.29, 0.717) is 22.0 Å². The van der Waals surface area contributed by atoms with Crippen LogP contribution in [0, 0.1) is 5.92 Å². The van der Waals surface area contributed by atoms with Crippen LogP contribution in [-0.2, 0) is 0 Å². The first-order valence-electron chi connectivity index (χ1n) is 4.83. The molecule has 0 saturated heterocycles. The van der Waals surface area contributed by atoms with Gasteiger partial charge in [0.05, 0.1) is 17.4 Å². The minimum absolute atomic E-state index is 0.105. The first kappa shape index (κ1) is 12.8. The fraction of sp³-hybridized carbons (Fsp3) is 0.400. The van der Waals surface area contributed by atoms with Gasteiger partial charge in [0, 0.05) is 12.4 Å². The molecule has 1 unspecified atom stereocenters. The first-order chi connectivity index (χ1) is 7.54. The number of hydrogen-bond donors (Lipinski definition) is 3. The predicted octanol–water partition coefficient (Wildman–Crippen LogP) is 0.483. The number of carbonyl (C=O) groups excluding carboxylic acids is 1. The van der Waals surface area contributed by atoms with Crippen LogP contribution in [-0.4, -0.2) is 28.4 Å². The molecule has 0 radical (unpaired) electrons. The molecule has 0 aliphatic carbocycles. The standard InChI is InChI=1S/C10H15N3O2S/c1-6(4-14)5-16-10-8(9(12)15)2-7(11)3-13-10/h2-3,6,14H,4-5,11H2,1H3,(H2,12,15). The smallest absolute Gasteiger partial charge is 0.251 e. The third kappa shape index (κ3) is 3.39. The van der Waals surface area contributed by atoms with E-state index < -0.39 is 5.91 Å². The van der Waals surface area contributed by atoms with Gasteiger partial charge in [-0.3, -0.25) is 4.79 Å². The van der Waals surface area contributed by atoms with E-state index in [4.69, 9.17) is 16.6 Å². The Labute approximate surface area is 98.2 Å². The summed E-state index contributed by atoms with van der Waals surface area (Å²) in [4.78, 5) is 15.2. The number of carbonyl (C=O) groups is 1. The summed E-state index contributed by atoms with van der Waals surface area (Å²) in [5, 5.41) is 9.45. The van der Waals surface area contributed by atoms with Gasteiger partial charge >= 0.3 is 0 Å². The third-order valence-electron chi connectivity index (χ3n) is 1.95. The number of hydrogen-bond acceptors (Lipinski definition) is 5. The van der Waals surface area contributed by atoms with Crippen molar-refractivity contribution in [1.82, 2.24) is 4.98 Å². The van der Waals surface area contributed by atoms with Crippen LogP contribution in [0.1, 0.15) is 17.3 Å². The van der Waals surface area contributed by atoms with Crippen LogP contribution in [0.15, 0.2) is 17.3 Å². The summed E-state index contributed by atoms with van der Waals surface area (Å²) in [6, 6.07) is 1.52. The van der Waals surface area contributed by atoms with E-state index in [0.717, 1.165) is 0 Å². The number of aliphatic hydroxyl groups excluding tert-OH is 1. The highest BCUT2D eigenvalue weighted by Crippen LogP contribution is 2.23. The highest BCUT2D eigenvalue weighted by atomic mass is 32.2. The second-order valence-corrected chi connectivity index (χ2v) is 4.59. The van der Waals surface area contributed by atoms with Crippen molar-refractivity contribution < 1.29 is 9.90 Å². The van der Waals surface area contributed by atoms with Crippen molar-refractivity contribution >= 4 is 23.4 Å². The van der Waals surface area contributed by atoms with Gasteiger partial charge in [0.15, 0.2) is 0 Å². The molecule has 1 amide bonds. The SMILES string of the molecule is CC(CO)CSc1ncc(N)cc1C(N)=O. The summed E-state index contributed by atoms with van der Waals surface area (Å²) in [7, 11) is 0. The lowest BCUT2D eigenvalue weighted by atomic mass is 10.2. The molecule has 88 valence electrons. The lowest BCUT2D eigenvalue weighted by Gasteiger charge is -2.09. The van der Waals surface area contributed by atoms with Crippen molar-refractivity contribution in [2.45, 2.75) is 11.9 Å². The number of nitrogens with zero attached hydrogens (tertiary/aromatic N) is 1. The van der Waals surface area contributed by atoms with E-state index in [1.807, 2.05) is 6.92 Å². The average molecular weight is 241 g/mol. The zero-order valence-corrected chi connectivity index (χ0v) is 9.83. The van der Waals surface area contributed by atoms with E-state index in [9.17, 15) is 4.79 Å². The van der Waals surface area contributed by atoms with Crippen molar-refractivity contribution in [2.24, 2.45) is 11.7 Å². The molecule has 0 aromatic carbocycles. The first-order valence-corrected chi connectivity index (χ1v) is 5.82. The van der Waals surface area contributed by atoms with Gasteiger partial charge in [0.1, 0.15) is 5.03 Å². The Hall–Kier alpha value is -1.27. The molecule has 0 aliphatic rings. The highest BCUT2D eigenvalue weighted by Gasteiger charge is 2.12. The number of aliphatic hydroxyl groups is 1. The minimum atomic E-state index is -0.543. The third-order valence-corrected chi connectivity index (χ3v) is 3.29. The van der Waals surface area contributed by atoms with Gasteiger partial charge in [0.2, 0.25) is 0 Å². The van der Waals surface area contributed by atoms with Crippen molar-refractivity contribution in [3.05, 3.63) is 17.8 Å². The molecule has 0 fully saturated rings. The maximum absolute atomic E-state index is 11.2. The van der Waals surface area contributed by atoms with Gasteiger partial charge < -0.3 is 16.6 Å². The number of thioether (sulfide) groups is 1. The fourth-order valence-electron chi connectivity index (χ4n) is 1.03. The lowest BCUT2D eigenvalue weighted by Crippen LogP contribution is -2.14. The molecule has 1 rings (SSSR count). The molecule has 1 aromatic rings. The molecule has 0 saturated carbocycles. The number of nitrogens with two attached hydrogens (primary N) is 2. The molecule has 0 bridgehead atoms. The number of nitrogen functional groups attached to an aromatic ring is 1. The maximum atomic E-state index is 11.2. The molecular weight excluding hydrogens is 226 g/mol. The number of primary amides is 1. The van der Waals surface area contributed by atoms with Gasteiger partial charge in [-0.1, -0.05) is 6.92 Å². The summed E-state index contributed by atoms with van der Waals surface area (Å²) in [5.74, 6) is 0.275. The van der Waals surface area contributed by atoms with Crippen molar-refractivity contribution in [1.29, 1.82) is 0 Å². The Bertz CT molecular complexity index is 384. The predicted molar refractivity (Wildman–Crippen MR) is 64.1 cm³/mol. The van der Waals surface area contributed by atoms with E-state index >= 15 is 0 Å². The maximum Gasteiger partial charge on any atom is 0.251 e. The van der Waals surface area contributed by atoms with E-state index in [2.05, 4.69) is 4.98 Å². The molecule has 1 heterocycles. The van der Waals surface area contributed by atoms with Crippen LogP contribution >= 0.6 is 11.8 Å². The summed E-state index contributed by atoms with van der Waals surface area (Å²) in [5.41, 5.74) is 11.5. The van der Waals surface area contributed by atoms with Gasteiger partial charge in [0.25, 0.3) is 5.91 Å². The summed E-state index contributed by atoms with van der Waals surface area (Å²) in [6.45, 7) is 2.02. The van der Waals surface area contributed by atoms with Gasteiger partial charge in [-0.2, -0.15) is 0 Å². The van der Waals surface area contributed by atoms with Crippen LogP contribution in [0.5, 0.6) is 0 Å². The zero-order valence-electron chi connectivity index (χ0n) is 9.01.